The number of aliphatic hydroxyl groups excluding tert-OH is 1. The lowest BCUT2D eigenvalue weighted by molar-refractivity contribution is 0.195. The molecule has 0 aromatic carbocycles. The molecule has 0 fully saturated rings. The highest BCUT2D eigenvalue weighted by molar-refractivity contribution is 4.97. The lowest BCUT2D eigenvalue weighted by Crippen LogP contribution is -2.35. The fourth-order valence-electron chi connectivity index (χ4n) is 1.60. The van der Waals surface area contributed by atoms with E-state index < -0.39 is 0 Å². The number of nitrogens with one attached hydrogen (secondary N) is 1. The summed E-state index contributed by atoms with van der Waals surface area (Å²) >= 11 is 0. The molecule has 0 saturated heterocycles. The summed E-state index contributed by atoms with van der Waals surface area (Å²) in [6.07, 6.45) is 2.61. The Morgan fingerprint density at radius 3 is 2.67 bits per heavy atom. The van der Waals surface area contributed by atoms with E-state index in [0.717, 1.165) is 12.2 Å². The van der Waals surface area contributed by atoms with Gasteiger partial charge in [0.25, 0.3) is 0 Å². The van der Waals surface area contributed by atoms with Crippen LogP contribution in [-0.4, -0.2) is 17.8 Å². The van der Waals surface area contributed by atoms with Gasteiger partial charge in [0.1, 0.15) is 5.76 Å². The van der Waals surface area contributed by atoms with Crippen LogP contribution in [0, 0.1) is 5.41 Å². The summed E-state index contributed by atoms with van der Waals surface area (Å²) in [4.78, 5) is 0. The first-order chi connectivity index (χ1) is 7.01. The molecule has 0 bridgehead atoms. The predicted molar refractivity (Wildman–Crippen MR) is 60.5 cm³/mol. The molecule has 0 aliphatic carbocycles. The van der Waals surface area contributed by atoms with Gasteiger partial charge in [-0.3, -0.25) is 0 Å². The number of rotatable bonds is 5. The molecule has 1 atom stereocenters. The van der Waals surface area contributed by atoms with Gasteiger partial charge in [-0.1, -0.05) is 20.8 Å². The van der Waals surface area contributed by atoms with Crippen molar-refractivity contribution in [1.29, 1.82) is 0 Å². The first-order valence-electron chi connectivity index (χ1n) is 5.38. The maximum atomic E-state index is 9.22. The van der Waals surface area contributed by atoms with Crippen LogP contribution < -0.4 is 5.32 Å². The van der Waals surface area contributed by atoms with Crippen molar-refractivity contribution < 1.29 is 9.52 Å². The Kier molecular flexibility index (Phi) is 4.36. The van der Waals surface area contributed by atoms with E-state index >= 15 is 0 Å². The van der Waals surface area contributed by atoms with E-state index in [1.165, 1.54) is 0 Å². The Balaban J connectivity index is 2.34. The van der Waals surface area contributed by atoms with Crippen LogP contribution in [0.5, 0.6) is 0 Å². The van der Waals surface area contributed by atoms with Crippen LogP contribution in [0.15, 0.2) is 22.8 Å². The molecule has 86 valence electrons. The highest BCUT2D eigenvalue weighted by Gasteiger charge is 2.17. The highest BCUT2D eigenvalue weighted by atomic mass is 16.3. The second kappa shape index (κ2) is 5.33. The monoisotopic (exact) mass is 211 g/mol. The molecule has 1 aromatic heterocycles. The molecule has 0 unspecified atom stereocenters. The van der Waals surface area contributed by atoms with Gasteiger partial charge in [0.15, 0.2) is 0 Å². The summed E-state index contributed by atoms with van der Waals surface area (Å²) in [7, 11) is 0. The van der Waals surface area contributed by atoms with Gasteiger partial charge in [-0.05, 0) is 24.0 Å². The molecule has 0 saturated carbocycles. The van der Waals surface area contributed by atoms with Crippen molar-refractivity contribution in [2.75, 3.05) is 6.61 Å². The van der Waals surface area contributed by atoms with Crippen molar-refractivity contribution in [1.82, 2.24) is 5.32 Å². The minimum absolute atomic E-state index is 0.134. The molecular weight excluding hydrogens is 190 g/mol. The van der Waals surface area contributed by atoms with Crippen LogP contribution >= 0.6 is 0 Å². The molecule has 2 N–H and O–H groups in total. The van der Waals surface area contributed by atoms with Gasteiger partial charge in [-0.2, -0.15) is 0 Å². The maximum absolute atomic E-state index is 9.22. The molecule has 15 heavy (non-hydrogen) atoms. The molecule has 0 radical (unpaired) electrons. The van der Waals surface area contributed by atoms with Gasteiger partial charge in [-0.25, -0.2) is 0 Å². The Labute approximate surface area is 91.5 Å². The Morgan fingerprint density at radius 2 is 2.20 bits per heavy atom. The summed E-state index contributed by atoms with van der Waals surface area (Å²) in [6.45, 7) is 7.35. The summed E-state index contributed by atoms with van der Waals surface area (Å²) in [6, 6.07) is 3.93. The first-order valence-corrected chi connectivity index (χ1v) is 5.38. The summed E-state index contributed by atoms with van der Waals surface area (Å²) < 4.78 is 5.21. The zero-order chi connectivity index (χ0) is 11.3. The van der Waals surface area contributed by atoms with Gasteiger partial charge in [0.2, 0.25) is 0 Å². The van der Waals surface area contributed by atoms with E-state index in [0.29, 0.717) is 6.54 Å². The Hall–Kier alpha value is -0.800. The standard InChI is InChI=1S/C12H21NO2/c1-12(2,3)7-10(9-14)13-8-11-5-4-6-15-11/h4-6,10,13-14H,7-9H2,1-3H3/t10-/m0/s1. The van der Waals surface area contributed by atoms with Crippen LogP contribution in [-0.2, 0) is 6.54 Å². The van der Waals surface area contributed by atoms with Crippen LogP contribution in [0.25, 0.3) is 0 Å². The topological polar surface area (TPSA) is 45.4 Å². The van der Waals surface area contributed by atoms with Gasteiger partial charge in [0.05, 0.1) is 19.4 Å². The molecule has 1 aromatic rings. The SMILES string of the molecule is CC(C)(C)C[C@@H](CO)NCc1ccco1. The van der Waals surface area contributed by atoms with E-state index in [9.17, 15) is 5.11 Å². The van der Waals surface area contributed by atoms with E-state index in [4.69, 9.17) is 4.42 Å². The van der Waals surface area contributed by atoms with Crippen molar-refractivity contribution in [3.05, 3.63) is 24.2 Å². The average Bonchev–Trinajstić information content (AvgIpc) is 2.62. The zero-order valence-corrected chi connectivity index (χ0v) is 9.79. The quantitative estimate of drug-likeness (QED) is 0.784. The van der Waals surface area contributed by atoms with E-state index in [-0.39, 0.29) is 18.1 Å². The lowest BCUT2D eigenvalue weighted by atomic mass is 9.88. The summed E-state index contributed by atoms with van der Waals surface area (Å²) in [5.41, 5.74) is 0.226. The fourth-order valence-corrected chi connectivity index (χ4v) is 1.60. The number of hydrogen-bond donors (Lipinski definition) is 2. The summed E-state index contributed by atoms with van der Waals surface area (Å²) in [5.74, 6) is 0.905. The van der Waals surface area contributed by atoms with Crippen LogP contribution in [0.2, 0.25) is 0 Å². The van der Waals surface area contributed by atoms with Crippen molar-refractivity contribution in [2.24, 2.45) is 5.41 Å². The van der Waals surface area contributed by atoms with Crippen LogP contribution in [0.3, 0.4) is 0 Å². The smallest absolute Gasteiger partial charge is 0.117 e. The predicted octanol–water partition coefficient (Wildman–Crippen LogP) is 2.17. The van der Waals surface area contributed by atoms with E-state index in [1.54, 1.807) is 6.26 Å². The molecule has 1 rings (SSSR count). The van der Waals surface area contributed by atoms with Gasteiger partial charge in [-0.15, -0.1) is 0 Å². The third kappa shape index (κ3) is 5.00. The second-order valence-electron chi connectivity index (χ2n) is 5.10. The lowest BCUT2D eigenvalue weighted by Gasteiger charge is -2.25. The van der Waals surface area contributed by atoms with Crippen molar-refractivity contribution in [3.63, 3.8) is 0 Å². The van der Waals surface area contributed by atoms with Crippen molar-refractivity contribution >= 4 is 0 Å². The normalized spacial score (nSPS) is 14.1. The minimum atomic E-state index is 0.134. The van der Waals surface area contributed by atoms with E-state index in [1.807, 2.05) is 12.1 Å². The molecule has 1 heterocycles. The first kappa shape index (κ1) is 12.3. The van der Waals surface area contributed by atoms with Gasteiger partial charge >= 0.3 is 0 Å². The molecule has 0 spiro atoms. The van der Waals surface area contributed by atoms with Gasteiger partial charge in [0, 0.05) is 6.04 Å². The number of hydrogen-bond acceptors (Lipinski definition) is 3. The maximum Gasteiger partial charge on any atom is 0.117 e. The van der Waals surface area contributed by atoms with Crippen molar-refractivity contribution in [2.45, 2.75) is 39.8 Å². The number of furan rings is 1. The minimum Gasteiger partial charge on any atom is -0.468 e. The fraction of sp³-hybridized carbons (Fsp3) is 0.667. The molecule has 3 nitrogen and oxygen atoms in total. The highest BCUT2D eigenvalue weighted by Crippen LogP contribution is 2.20. The molecule has 0 aliphatic rings. The van der Waals surface area contributed by atoms with Gasteiger partial charge < -0.3 is 14.8 Å². The molecule has 0 amide bonds. The van der Waals surface area contributed by atoms with Crippen LogP contribution in [0.4, 0.5) is 0 Å². The van der Waals surface area contributed by atoms with Crippen LogP contribution in [0.1, 0.15) is 33.0 Å². The Morgan fingerprint density at radius 1 is 1.47 bits per heavy atom. The zero-order valence-electron chi connectivity index (χ0n) is 9.79. The summed E-state index contributed by atoms with van der Waals surface area (Å²) in [5, 5.41) is 12.5. The average molecular weight is 211 g/mol. The van der Waals surface area contributed by atoms with E-state index in [2.05, 4.69) is 26.1 Å². The molecule has 3 heteroatoms. The second-order valence-corrected chi connectivity index (χ2v) is 5.10. The molecule has 0 aliphatic heterocycles. The molecular formula is C12H21NO2. The number of aliphatic hydroxyl groups is 1. The third-order valence-corrected chi connectivity index (χ3v) is 2.22. The Bertz CT molecular complexity index is 262. The largest absolute Gasteiger partial charge is 0.468 e. The third-order valence-electron chi connectivity index (χ3n) is 2.22. The van der Waals surface area contributed by atoms with Crippen molar-refractivity contribution in [3.8, 4) is 0 Å².